The van der Waals surface area contributed by atoms with E-state index in [2.05, 4.69) is 10.3 Å². The van der Waals surface area contributed by atoms with Crippen LogP contribution >= 0.6 is 0 Å². The fourth-order valence-electron chi connectivity index (χ4n) is 1.37. The van der Waals surface area contributed by atoms with Crippen LogP contribution in [0.15, 0.2) is 12.1 Å². The highest BCUT2D eigenvalue weighted by Gasteiger charge is 2.04. The maximum Gasteiger partial charge on any atom is 0.239 e. The van der Waals surface area contributed by atoms with Crippen LogP contribution in [0.2, 0.25) is 0 Å². The van der Waals surface area contributed by atoms with Crippen molar-refractivity contribution in [3.63, 3.8) is 0 Å². The Balaban J connectivity index is 2.51. The van der Waals surface area contributed by atoms with E-state index < -0.39 is 0 Å². The third-order valence-corrected chi connectivity index (χ3v) is 2.43. The summed E-state index contributed by atoms with van der Waals surface area (Å²) in [5, 5.41) is 12.5. The molecule has 0 aliphatic rings. The van der Waals surface area contributed by atoms with E-state index in [1.165, 1.54) is 0 Å². The Labute approximate surface area is 102 Å². The number of hydrogen-bond donors (Lipinski definition) is 3. The minimum absolute atomic E-state index is 0.261. The molecule has 0 saturated heterocycles. The normalized spacial score (nSPS) is 12.2. The van der Waals surface area contributed by atoms with Gasteiger partial charge in [-0.3, -0.25) is 0 Å². The summed E-state index contributed by atoms with van der Waals surface area (Å²) < 4.78 is 5.30. The van der Waals surface area contributed by atoms with Crippen molar-refractivity contribution < 1.29 is 9.84 Å². The van der Waals surface area contributed by atoms with Gasteiger partial charge in [-0.15, -0.1) is 0 Å². The van der Waals surface area contributed by atoms with Gasteiger partial charge in [0.15, 0.2) is 0 Å². The summed E-state index contributed by atoms with van der Waals surface area (Å²) in [5.41, 5.74) is 6.25. The number of aliphatic hydroxyl groups excluding tert-OH is 1. The number of nitrogens with zero attached hydrogens (tertiary/aromatic N) is 1. The number of aromatic nitrogens is 1. The zero-order valence-corrected chi connectivity index (χ0v) is 10.4. The van der Waals surface area contributed by atoms with Gasteiger partial charge in [0.1, 0.15) is 5.82 Å². The quantitative estimate of drug-likeness (QED) is 0.674. The van der Waals surface area contributed by atoms with Crippen molar-refractivity contribution in [2.45, 2.75) is 32.8 Å². The molecule has 1 rings (SSSR count). The lowest BCUT2D eigenvalue weighted by molar-refractivity contribution is 0.164. The maximum atomic E-state index is 9.41. The molecule has 0 fully saturated rings. The highest BCUT2D eigenvalue weighted by molar-refractivity contribution is 5.53. The molecule has 17 heavy (non-hydrogen) atoms. The first-order valence-electron chi connectivity index (χ1n) is 5.98. The number of ether oxygens (including phenoxy) is 1. The largest absolute Gasteiger partial charge is 0.476 e. The molecule has 1 aromatic rings. The fourth-order valence-corrected chi connectivity index (χ4v) is 1.37. The molecule has 0 aliphatic heterocycles. The van der Waals surface area contributed by atoms with E-state index in [4.69, 9.17) is 10.5 Å². The molecule has 1 atom stereocenters. The van der Waals surface area contributed by atoms with E-state index in [-0.39, 0.29) is 6.10 Å². The van der Waals surface area contributed by atoms with Crippen LogP contribution in [-0.4, -0.2) is 29.3 Å². The van der Waals surface area contributed by atoms with Gasteiger partial charge in [-0.25, -0.2) is 0 Å². The van der Waals surface area contributed by atoms with Gasteiger partial charge in [0.05, 0.1) is 18.4 Å². The molecule has 0 aliphatic carbocycles. The second-order valence-corrected chi connectivity index (χ2v) is 3.80. The molecule has 1 aromatic heterocycles. The Morgan fingerprint density at radius 2 is 2.24 bits per heavy atom. The first-order valence-corrected chi connectivity index (χ1v) is 5.98. The van der Waals surface area contributed by atoms with Crippen LogP contribution in [0.5, 0.6) is 5.88 Å². The average Bonchev–Trinajstić information content (AvgIpc) is 2.33. The molecule has 1 unspecified atom stereocenters. The summed E-state index contributed by atoms with van der Waals surface area (Å²) in [6, 6.07) is 3.56. The monoisotopic (exact) mass is 239 g/mol. The van der Waals surface area contributed by atoms with Crippen molar-refractivity contribution in [1.29, 1.82) is 0 Å². The van der Waals surface area contributed by atoms with Crippen LogP contribution in [0.1, 0.15) is 26.7 Å². The first kappa shape index (κ1) is 13.6. The SMILES string of the molecule is CCOc1nc(NCCC(O)CC)ccc1N. The number of anilines is 2. The lowest BCUT2D eigenvalue weighted by atomic mass is 10.2. The maximum absolute atomic E-state index is 9.41. The Hall–Kier alpha value is -1.49. The van der Waals surface area contributed by atoms with E-state index in [9.17, 15) is 5.11 Å². The average molecular weight is 239 g/mol. The number of nitrogens with one attached hydrogen (secondary N) is 1. The van der Waals surface area contributed by atoms with Gasteiger partial charge in [-0.05, 0) is 31.9 Å². The van der Waals surface area contributed by atoms with Gasteiger partial charge in [0.2, 0.25) is 5.88 Å². The van der Waals surface area contributed by atoms with Crippen LogP contribution in [-0.2, 0) is 0 Å². The van der Waals surface area contributed by atoms with Gasteiger partial charge < -0.3 is 20.9 Å². The Morgan fingerprint density at radius 1 is 1.47 bits per heavy atom. The molecule has 1 heterocycles. The van der Waals surface area contributed by atoms with E-state index in [1.807, 2.05) is 13.8 Å². The minimum atomic E-state index is -0.261. The van der Waals surface area contributed by atoms with Crippen molar-refractivity contribution >= 4 is 11.5 Å². The molecule has 96 valence electrons. The van der Waals surface area contributed by atoms with E-state index in [1.54, 1.807) is 12.1 Å². The second-order valence-electron chi connectivity index (χ2n) is 3.80. The minimum Gasteiger partial charge on any atom is -0.476 e. The van der Waals surface area contributed by atoms with E-state index in [0.29, 0.717) is 37.0 Å². The zero-order valence-electron chi connectivity index (χ0n) is 10.4. The molecule has 0 radical (unpaired) electrons. The van der Waals surface area contributed by atoms with E-state index in [0.717, 1.165) is 6.42 Å². The Bertz CT molecular complexity index is 345. The third kappa shape index (κ3) is 4.48. The van der Waals surface area contributed by atoms with E-state index >= 15 is 0 Å². The van der Waals surface area contributed by atoms with Gasteiger partial charge >= 0.3 is 0 Å². The number of nitrogens with two attached hydrogens (primary N) is 1. The molecule has 0 bridgehead atoms. The van der Waals surface area contributed by atoms with Gasteiger partial charge in [-0.1, -0.05) is 6.92 Å². The number of hydrogen-bond acceptors (Lipinski definition) is 5. The molecule has 0 aromatic carbocycles. The van der Waals surface area contributed by atoms with Crippen molar-refractivity contribution in [2.75, 3.05) is 24.2 Å². The third-order valence-electron chi connectivity index (χ3n) is 2.43. The summed E-state index contributed by atoms with van der Waals surface area (Å²) in [7, 11) is 0. The Morgan fingerprint density at radius 3 is 2.88 bits per heavy atom. The predicted octanol–water partition coefficient (Wildman–Crippen LogP) is 1.64. The van der Waals surface area contributed by atoms with Crippen molar-refractivity contribution in [3.8, 4) is 5.88 Å². The van der Waals surface area contributed by atoms with Gasteiger partial charge in [-0.2, -0.15) is 4.98 Å². The fraction of sp³-hybridized carbons (Fsp3) is 0.583. The van der Waals surface area contributed by atoms with Crippen LogP contribution in [0.25, 0.3) is 0 Å². The molecule has 0 spiro atoms. The number of rotatable bonds is 7. The summed E-state index contributed by atoms with van der Waals surface area (Å²) in [6.45, 7) is 5.06. The highest BCUT2D eigenvalue weighted by Crippen LogP contribution is 2.20. The molecule has 0 amide bonds. The topological polar surface area (TPSA) is 80.4 Å². The van der Waals surface area contributed by atoms with Crippen molar-refractivity contribution in [2.24, 2.45) is 0 Å². The molecular formula is C12H21N3O2. The van der Waals surface area contributed by atoms with Gasteiger partial charge in [0.25, 0.3) is 0 Å². The molecular weight excluding hydrogens is 218 g/mol. The van der Waals surface area contributed by atoms with Crippen molar-refractivity contribution in [1.82, 2.24) is 4.98 Å². The number of pyridine rings is 1. The summed E-state index contributed by atoms with van der Waals surface area (Å²) >= 11 is 0. The number of nitrogen functional groups attached to an aromatic ring is 1. The molecule has 5 heteroatoms. The lowest BCUT2D eigenvalue weighted by Crippen LogP contribution is -2.13. The van der Waals surface area contributed by atoms with Crippen LogP contribution in [0.3, 0.4) is 0 Å². The molecule has 5 nitrogen and oxygen atoms in total. The predicted molar refractivity (Wildman–Crippen MR) is 69.2 cm³/mol. The first-order chi connectivity index (χ1) is 8.17. The molecule has 0 saturated carbocycles. The van der Waals surface area contributed by atoms with Crippen LogP contribution < -0.4 is 15.8 Å². The summed E-state index contributed by atoms with van der Waals surface area (Å²) in [4.78, 5) is 4.24. The summed E-state index contributed by atoms with van der Waals surface area (Å²) in [5.74, 6) is 1.17. The summed E-state index contributed by atoms with van der Waals surface area (Å²) in [6.07, 6.45) is 1.20. The smallest absolute Gasteiger partial charge is 0.239 e. The van der Waals surface area contributed by atoms with Crippen molar-refractivity contribution in [3.05, 3.63) is 12.1 Å². The number of aliphatic hydroxyl groups is 1. The Kier molecular flexibility index (Phi) is 5.56. The van der Waals surface area contributed by atoms with Crippen LogP contribution in [0.4, 0.5) is 11.5 Å². The highest BCUT2D eigenvalue weighted by atomic mass is 16.5. The second kappa shape index (κ2) is 6.96. The molecule has 4 N–H and O–H groups in total. The zero-order chi connectivity index (χ0) is 12.7. The lowest BCUT2D eigenvalue weighted by Gasteiger charge is -2.11. The van der Waals surface area contributed by atoms with Gasteiger partial charge in [0, 0.05) is 6.54 Å². The van der Waals surface area contributed by atoms with Crippen LogP contribution in [0, 0.1) is 0 Å². The standard InChI is InChI=1S/C12H21N3O2/c1-3-9(16)7-8-14-11-6-5-10(13)12(15-11)17-4-2/h5-6,9,16H,3-4,7-8,13H2,1-2H3,(H,14,15).